The zero-order valence-electron chi connectivity index (χ0n) is 24.4. The molecule has 0 fully saturated rings. The Morgan fingerprint density at radius 3 is 2.57 bits per heavy atom. The number of benzene rings is 3. The molecule has 1 amide bonds. The molecule has 0 unspecified atom stereocenters. The Labute approximate surface area is 255 Å². The van der Waals surface area contributed by atoms with Crippen molar-refractivity contribution in [3.63, 3.8) is 0 Å². The highest BCUT2D eigenvalue weighted by atomic mass is 32.2. The molecule has 0 saturated heterocycles. The van der Waals surface area contributed by atoms with E-state index in [2.05, 4.69) is 38.9 Å². The van der Waals surface area contributed by atoms with Crippen LogP contribution in [-0.4, -0.2) is 46.3 Å². The van der Waals surface area contributed by atoms with Crippen molar-refractivity contribution in [1.29, 1.82) is 0 Å². The van der Waals surface area contributed by atoms with E-state index in [1.807, 2.05) is 24.4 Å². The number of nitrogens with one attached hydrogen (secondary N) is 3. The first kappa shape index (κ1) is 30.8. The molecule has 2 heterocycles. The Morgan fingerprint density at radius 2 is 1.82 bits per heavy atom. The number of amides is 1. The number of β-amino-alcohol motifs (C(OH)–C–C–N with tert-alkyl or cyclic N) is 1. The molecule has 0 spiro atoms. The summed E-state index contributed by atoms with van der Waals surface area (Å²) in [4.78, 5) is 12.8. The van der Waals surface area contributed by atoms with Crippen molar-refractivity contribution in [2.24, 2.45) is 0 Å². The molecule has 0 radical (unpaired) electrons. The summed E-state index contributed by atoms with van der Waals surface area (Å²) in [5.74, 6) is -0.145. The van der Waals surface area contributed by atoms with Crippen LogP contribution in [0.2, 0.25) is 0 Å². The summed E-state index contributed by atoms with van der Waals surface area (Å²) in [6.07, 6.45) is 1.89. The van der Waals surface area contributed by atoms with Gasteiger partial charge in [-0.1, -0.05) is 30.3 Å². The number of carbonyl (C=O) groups is 1. The van der Waals surface area contributed by atoms with E-state index in [0.29, 0.717) is 29.1 Å². The second-order valence-corrected chi connectivity index (χ2v) is 12.9. The zero-order chi connectivity index (χ0) is 31.3. The van der Waals surface area contributed by atoms with Crippen molar-refractivity contribution in [2.45, 2.75) is 49.9 Å². The summed E-state index contributed by atoms with van der Waals surface area (Å²) in [5, 5.41) is 30.7. The van der Waals surface area contributed by atoms with Gasteiger partial charge >= 0.3 is 0 Å². The van der Waals surface area contributed by atoms with E-state index >= 15 is 0 Å². The Morgan fingerprint density at radius 1 is 1.02 bits per heavy atom. The number of nitrogens with zero attached hydrogens (tertiary/aromatic N) is 2. The number of sulfonamides is 1. The van der Waals surface area contributed by atoms with Crippen LogP contribution >= 0.6 is 0 Å². The Balaban J connectivity index is 1.14. The number of fused-ring (bicyclic) bond motifs is 1. The van der Waals surface area contributed by atoms with Crippen LogP contribution in [0.1, 0.15) is 48.1 Å². The molecule has 5 aromatic rings. The van der Waals surface area contributed by atoms with Gasteiger partial charge in [0.1, 0.15) is 0 Å². The quantitative estimate of drug-likeness (QED) is 0.129. The van der Waals surface area contributed by atoms with E-state index in [1.54, 1.807) is 48.5 Å². The highest BCUT2D eigenvalue weighted by molar-refractivity contribution is 7.92. The van der Waals surface area contributed by atoms with Gasteiger partial charge in [0.25, 0.3) is 21.8 Å². The van der Waals surface area contributed by atoms with Crippen LogP contribution in [0.25, 0.3) is 10.9 Å². The molecule has 12 heteroatoms. The Hall–Kier alpha value is -4.65. The number of aromatic hydroxyl groups is 1. The van der Waals surface area contributed by atoms with Crippen molar-refractivity contribution in [1.82, 2.24) is 20.4 Å². The van der Waals surface area contributed by atoms with E-state index in [4.69, 9.17) is 4.52 Å². The minimum Gasteiger partial charge on any atom is -0.491 e. The number of rotatable bonds is 13. The topological polar surface area (TPSA) is 159 Å². The second-order valence-electron chi connectivity index (χ2n) is 11.2. The number of aryl methyl sites for hydroxylation is 1. The molecule has 5 rings (SSSR count). The first-order chi connectivity index (χ1) is 21.0. The average molecular weight is 618 g/mol. The summed E-state index contributed by atoms with van der Waals surface area (Å²) in [6, 6.07) is 23.7. The normalized spacial score (nSPS) is 12.7. The molecular formula is C32H35N5O6S. The maximum atomic E-state index is 12.7. The van der Waals surface area contributed by atoms with Gasteiger partial charge in [-0.2, -0.15) is 0 Å². The van der Waals surface area contributed by atoms with Gasteiger partial charge in [-0.15, -0.1) is 0 Å². The SMILES string of the molecule is CC(C)(CCn1ccc2cc(C(=O)NCc3cc(O)no3)ccc21)NC[C@H](O)c1cccc(NS(=O)(=O)c2ccccc2)c1. The third-order valence-corrected chi connectivity index (χ3v) is 8.73. The smallest absolute Gasteiger partial charge is 0.261 e. The minimum atomic E-state index is -3.74. The van der Waals surface area contributed by atoms with Gasteiger partial charge in [0.15, 0.2) is 5.76 Å². The fourth-order valence-electron chi connectivity index (χ4n) is 4.79. The summed E-state index contributed by atoms with van der Waals surface area (Å²) >= 11 is 0. The molecule has 0 aliphatic carbocycles. The lowest BCUT2D eigenvalue weighted by Gasteiger charge is -2.28. The van der Waals surface area contributed by atoms with Crippen LogP contribution in [0.4, 0.5) is 5.69 Å². The number of aromatic nitrogens is 2. The van der Waals surface area contributed by atoms with Crippen LogP contribution < -0.4 is 15.4 Å². The second kappa shape index (κ2) is 12.9. The molecule has 0 bridgehead atoms. The average Bonchev–Trinajstić information content (AvgIpc) is 3.63. The van der Waals surface area contributed by atoms with Crippen LogP contribution in [0.15, 0.2) is 101 Å². The monoisotopic (exact) mass is 617 g/mol. The van der Waals surface area contributed by atoms with Crippen LogP contribution in [0, 0.1) is 0 Å². The number of hydrogen-bond donors (Lipinski definition) is 5. The number of hydrogen-bond acceptors (Lipinski definition) is 8. The van der Waals surface area contributed by atoms with Gasteiger partial charge in [-0.25, -0.2) is 8.42 Å². The third-order valence-electron chi connectivity index (χ3n) is 7.33. The lowest BCUT2D eigenvalue weighted by atomic mass is 9.99. The van der Waals surface area contributed by atoms with Crippen molar-refractivity contribution in [3.8, 4) is 5.88 Å². The van der Waals surface area contributed by atoms with Crippen molar-refractivity contribution in [2.75, 3.05) is 11.3 Å². The maximum Gasteiger partial charge on any atom is 0.261 e. The molecule has 1 atom stereocenters. The summed E-state index contributed by atoms with van der Waals surface area (Å²) in [5.41, 5.74) is 2.15. The van der Waals surface area contributed by atoms with Gasteiger partial charge in [0, 0.05) is 53.0 Å². The highest BCUT2D eigenvalue weighted by Crippen LogP contribution is 2.23. The molecule has 0 aliphatic heterocycles. The fraction of sp³-hybridized carbons (Fsp3) is 0.250. The van der Waals surface area contributed by atoms with Crippen molar-refractivity contribution in [3.05, 3.63) is 108 Å². The molecule has 44 heavy (non-hydrogen) atoms. The standard InChI is InChI=1S/C32H35N5O6S/c1-32(2,34-21-29(38)23-7-6-8-25(18-23)36-44(41,42)27-9-4-3-5-10-27)14-16-37-15-13-22-17-24(11-12-28(22)37)31(40)33-20-26-19-30(39)35-43-26/h3-13,15,17-19,29,34,36,38H,14,16,20-21H2,1-2H3,(H,33,40)(H,35,39)/t29-/m0/s1. The van der Waals surface area contributed by atoms with E-state index in [0.717, 1.165) is 17.3 Å². The van der Waals surface area contributed by atoms with Crippen molar-refractivity contribution >= 4 is 32.5 Å². The summed E-state index contributed by atoms with van der Waals surface area (Å²) in [7, 11) is -3.74. The van der Waals surface area contributed by atoms with E-state index < -0.39 is 16.1 Å². The highest BCUT2D eigenvalue weighted by Gasteiger charge is 2.21. The van der Waals surface area contributed by atoms with E-state index in [9.17, 15) is 23.4 Å². The predicted octanol–water partition coefficient (Wildman–Crippen LogP) is 4.56. The molecule has 230 valence electrons. The Bertz CT molecular complexity index is 1850. The zero-order valence-corrected chi connectivity index (χ0v) is 25.2. The minimum absolute atomic E-state index is 0.112. The van der Waals surface area contributed by atoms with Gasteiger partial charge in [-0.3, -0.25) is 9.52 Å². The lowest BCUT2D eigenvalue weighted by Crippen LogP contribution is -2.42. The largest absolute Gasteiger partial charge is 0.491 e. The van der Waals surface area contributed by atoms with Gasteiger partial charge in [-0.05, 0) is 79.5 Å². The van der Waals surface area contributed by atoms with Gasteiger partial charge in [0.2, 0.25) is 0 Å². The molecule has 0 saturated carbocycles. The fourth-order valence-corrected chi connectivity index (χ4v) is 5.86. The molecule has 0 aliphatic rings. The predicted molar refractivity (Wildman–Crippen MR) is 167 cm³/mol. The summed E-state index contributed by atoms with van der Waals surface area (Å²) in [6.45, 7) is 5.22. The summed E-state index contributed by atoms with van der Waals surface area (Å²) < 4.78 is 35.0. The maximum absolute atomic E-state index is 12.7. The van der Waals surface area contributed by atoms with Gasteiger partial charge in [0.05, 0.1) is 17.5 Å². The van der Waals surface area contributed by atoms with Crippen LogP contribution in [0.5, 0.6) is 5.88 Å². The first-order valence-corrected chi connectivity index (χ1v) is 15.6. The first-order valence-electron chi connectivity index (χ1n) is 14.1. The molecule has 3 aromatic carbocycles. The number of aliphatic hydroxyl groups is 1. The molecular weight excluding hydrogens is 582 g/mol. The van der Waals surface area contributed by atoms with Crippen molar-refractivity contribution < 1.29 is 27.9 Å². The lowest BCUT2D eigenvalue weighted by molar-refractivity contribution is 0.0947. The number of anilines is 1. The molecule has 5 N–H and O–H groups in total. The Kier molecular flexibility index (Phi) is 9.04. The van der Waals surface area contributed by atoms with E-state index in [-0.39, 0.29) is 35.3 Å². The molecule has 11 nitrogen and oxygen atoms in total. The van der Waals surface area contributed by atoms with E-state index in [1.165, 1.54) is 18.2 Å². The number of aliphatic hydroxyl groups excluding tert-OH is 1. The van der Waals surface area contributed by atoms with Crippen LogP contribution in [-0.2, 0) is 23.1 Å². The van der Waals surface area contributed by atoms with Gasteiger partial charge < -0.3 is 29.9 Å². The molecule has 2 aromatic heterocycles. The van der Waals surface area contributed by atoms with Crippen LogP contribution in [0.3, 0.4) is 0 Å². The number of carbonyl (C=O) groups excluding carboxylic acids is 1. The third kappa shape index (κ3) is 7.64.